The molecule has 6 heteroatoms. The number of benzene rings is 2. The van der Waals surface area contributed by atoms with Gasteiger partial charge in [-0.2, -0.15) is 0 Å². The smallest absolute Gasteiger partial charge is 0.260 e. The van der Waals surface area contributed by atoms with E-state index in [1.807, 2.05) is 24.3 Å². The first-order valence-electron chi connectivity index (χ1n) is 8.99. The van der Waals surface area contributed by atoms with Crippen LogP contribution in [0, 0.1) is 0 Å². The Labute approximate surface area is 159 Å². The molecule has 2 rings (SSSR count). The van der Waals surface area contributed by atoms with Crippen LogP contribution in [0.25, 0.3) is 0 Å². The number of rotatable bonds is 8. The van der Waals surface area contributed by atoms with E-state index in [1.165, 1.54) is 12.1 Å². The van der Waals surface area contributed by atoms with Crippen LogP contribution in [-0.4, -0.2) is 36.1 Å². The number of para-hydroxylation sites is 2. The monoisotopic (exact) mass is 370 g/mol. The lowest BCUT2D eigenvalue weighted by atomic mass is 10.0. The Hall–Kier alpha value is -3.02. The molecule has 6 nitrogen and oxygen atoms in total. The highest BCUT2D eigenvalue weighted by molar-refractivity contribution is 5.96. The van der Waals surface area contributed by atoms with Gasteiger partial charge in [0.2, 0.25) is 0 Å². The summed E-state index contributed by atoms with van der Waals surface area (Å²) < 4.78 is 5.80. The van der Waals surface area contributed by atoms with Gasteiger partial charge < -0.3 is 20.5 Å². The van der Waals surface area contributed by atoms with Crippen LogP contribution in [0.4, 0.5) is 0 Å². The summed E-state index contributed by atoms with van der Waals surface area (Å²) in [5.74, 6) is 0.261. The van der Waals surface area contributed by atoms with Crippen molar-refractivity contribution in [2.75, 3.05) is 13.1 Å². The summed E-state index contributed by atoms with van der Waals surface area (Å²) in [7, 11) is 0. The first-order valence-corrected chi connectivity index (χ1v) is 8.99. The number of carbonyl (C=O) groups excluding carboxylic acids is 2. The molecule has 0 saturated heterocycles. The minimum Gasteiger partial charge on any atom is -0.507 e. The molecular weight excluding hydrogens is 344 g/mol. The minimum absolute atomic E-state index is 0.0788. The van der Waals surface area contributed by atoms with Crippen molar-refractivity contribution >= 4 is 11.8 Å². The third-order valence-electron chi connectivity index (χ3n) is 4.07. The highest BCUT2D eigenvalue weighted by Crippen LogP contribution is 2.26. The Kier molecular flexibility index (Phi) is 7.23. The van der Waals surface area contributed by atoms with Crippen molar-refractivity contribution in [2.45, 2.75) is 32.8 Å². The van der Waals surface area contributed by atoms with E-state index in [4.69, 9.17) is 4.74 Å². The number of phenols is 1. The molecule has 0 aliphatic heterocycles. The van der Waals surface area contributed by atoms with Gasteiger partial charge in [-0.1, -0.05) is 44.2 Å². The van der Waals surface area contributed by atoms with Gasteiger partial charge in [0.05, 0.1) is 5.56 Å². The number of hydrogen-bond acceptors (Lipinski definition) is 4. The second-order valence-corrected chi connectivity index (χ2v) is 6.52. The van der Waals surface area contributed by atoms with E-state index in [0.717, 1.165) is 5.56 Å². The van der Waals surface area contributed by atoms with E-state index < -0.39 is 12.0 Å². The van der Waals surface area contributed by atoms with Crippen LogP contribution in [0.3, 0.4) is 0 Å². The molecule has 0 spiro atoms. The Morgan fingerprint density at radius 2 is 1.59 bits per heavy atom. The lowest BCUT2D eigenvalue weighted by Crippen LogP contribution is -2.40. The third kappa shape index (κ3) is 5.74. The molecule has 0 aromatic heterocycles. The summed E-state index contributed by atoms with van der Waals surface area (Å²) in [6, 6.07) is 14.0. The predicted molar refractivity (Wildman–Crippen MR) is 104 cm³/mol. The Bertz CT molecular complexity index is 789. The fourth-order valence-corrected chi connectivity index (χ4v) is 2.58. The van der Waals surface area contributed by atoms with Crippen molar-refractivity contribution in [3.8, 4) is 11.5 Å². The van der Waals surface area contributed by atoms with Crippen molar-refractivity contribution in [3.63, 3.8) is 0 Å². The topological polar surface area (TPSA) is 87.7 Å². The van der Waals surface area contributed by atoms with E-state index in [2.05, 4.69) is 24.5 Å². The molecule has 0 aliphatic rings. The standard InChI is InChI=1S/C21H26N2O4/c1-14(2)16-8-5-7-11-19(16)27-15(3)20(25)22-12-13-23-21(26)17-9-4-6-10-18(17)24/h4-11,14-15,24H,12-13H2,1-3H3,(H,22,25)(H,23,26). The highest BCUT2D eigenvalue weighted by Gasteiger charge is 2.17. The van der Waals surface area contributed by atoms with Crippen LogP contribution in [0.2, 0.25) is 0 Å². The molecule has 0 saturated carbocycles. The maximum Gasteiger partial charge on any atom is 0.260 e. The molecule has 0 heterocycles. The van der Waals surface area contributed by atoms with E-state index in [0.29, 0.717) is 11.7 Å². The molecule has 3 N–H and O–H groups in total. The second-order valence-electron chi connectivity index (χ2n) is 6.52. The number of phenolic OH excluding ortho intramolecular Hbond substituents is 1. The molecule has 0 aliphatic carbocycles. The zero-order valence-corrected chi connectivity index (χ0v) is 15.9. The quantitative estimate of drug-likeness (QED) is 0.624. The van der Waals surface area contributed by atoms with Gasteiger partial charge >= 0.3 is 0 Å². The maximum atomic E-state index is 12.2. The predicted octanol–water partition coefficient (Wildman–Crippen LogP) is 2.83. The number of hydrogen-bond donors (Lipinski definition) is 3. The number of carbonyl (C=O) groups is 2. The van der Waals surface area contributed by atoms with Crippen molar-refractivity contribution < 1.29 is 19.4 Å². The molecule has 0 bridgehead atoms. The average Bonchev–Trinajstić information content (AvgIpc) is 2.65. The molecule has 0 radical (unpaired) electrons. The van der Waals surface area contributed by atoms with Gasteiger partial charge in [-0.3, -0.25) is 9.59 Å². The summed E-state index contributed by atoms with van der Waals surface area (Å²) in [5.41, 5.74) is 1.25. The number of aromatic hydroxyl groups is 1. The number of amides is 2. The average molecular weight is 370 g/mol. The van der Waals surface area contributed by atoms with Crippen molar-refractivity contribution in [3.05, 3.63) is 59.7 Å². The Morgan fingerprint density at radius 3 is 2.30 bits per heavy atom. The van der Waals surface area contributed by atoms with E-state index >= 15 is 0 Å². The molecular formula is C21H26N2O4. The lowest BCUT2D eigenvalue weighted by Gasteiger charge is -2.18. The largest absolute Gasteiger partial charge is 0.507 e. The van der Waals surface area contributed by atoms with Gasteiger partial charge in [-0.25, -0.2) is 0 Å². The highest BCUT2D eigenvalue weighted by atomic mass is 16.5. The van der Waals surface area contributed by atoms with Crippen LogP contribution >= 0.6 is 0 Å². The van der Waals surface area contributed by atoms with Gasteiger partial charge in [-0.15, -0.1) is 0 Å². The SMILES string of the molecule is CC(Oc1ccccc1C(C)C)C(=O)NCCNC(=O)c1ccccc1O. The lowest BCUT2D eigenvalue weighted by molar-refractivity contribution is -0.127. The number of ether oxygens (including phenoxy) is 1. The summed E-state index contributed by atoms with van der Waals surface area (Å²) in [6.07, 6.45) is -0.654. The zero-order chi connectivity index (χ0) is 19.8. The fourth-order valence-electron chi connectivity index (χ4n) is 2.58. The van der Waals surface area contributed by atoms with Gasteiger partial charge in [0.1, 0.15) is 11.5 Å². The molecule has 144 valence electrons. The first-order chi connectivity index (χ1) is 12.9. The van der Waals surface area contributed by atoms with Crippen LogP contribution < -0.4 is 15.4 Å². The zero-order valence-electron chi connectivity index (χ0n) is 15.9. The Balaban J connectivity index is 1.79. The maximum absolute atomic E-state index is 12.2. The van der Waals surface area contributed by atoms with Crippen molar-refractivity contribution in [2.24, 2.45) is 0 Å². The second kappa shape index (κ2) is 9.62. The molecule has 2 amide bonds. The third-order valence-corrected chi connectivity index (χ3v) is 4.07. The van der Waals surface area contributed by atoms with E-state index in [1.54, 1.807) is 19.1 Å². The van der Waals surface area contributed by atoms with E-state index in [9.17, 15) is 14.7 Å². The molecule has 1 atom stereocenters. The van der Waals surface area contributed by atoms with Gasteiger partial charge in [0, 0.05) is 13.1 Å². The number of nitrogens with one attached hydrogen (secondary N) is 2. The molecule has 2 aromatic carbocycles. The molecule has 0 fully saturated rings. The summed E-state index contributed by atoms with van der Waals surface area (Å²) in [4.78, 5) is 24.2. The van der Waals surface area contributed by atoms with Crippen LogP contribution in [0.5, 0.6) is 11.5 Å². The van der Waals surface area contributed by atoms with Crippen molar-refractivity contribution in [1.82, 2.24) is 10.6 Å². The minimum atomic E-state index is -0.654. The van der Waals surface area contributed by atoms with Gasteiger partial charge in [0.15, 0.2) is 6.10 Å². The summed E-state index contributed by atoms with van der Waals surface area (Å²) in [5, 5.41) is 15.0. The first kappa shape index (κ1) is 20.3. The van der Waals surface area contributed by atoms with Gasteiger partial charge in [-0.05, 0) is 36.6 Å². The summed E-state index contributed by atoms with van der Waals surface area (Å²) in [6.45, 7) is 6.33. The Morgan fingerprint density at radius 1 is 0.963 bits per heavy atom. The van der Waals surface area contributed by atoms with Crippen molar-refractivity contribution in [1.29, 1.82) is 0 Å². The van der Waals surface area contributed by atoms with Crippen LogP contribution in [-0.2, 0) is 4.79 Å². The van der Waals surface area contributed by atoms with Gasteiger partial charge in [0.25, 0.3) is 11.8 Å². The van der Waals surface area contributed by atoms with Crippen LogP contribution in [0.1, 0.15) is 42.6 Å². The molecule has 27 heavy (non-hydrogen) atoms. The van der Waals surface area contributed by atoms with Crippen LogP contribution in [0.15, 0.2) is 48.5 Å². The van der Waals surface area contributed by atoms with E-state index in [-0.39, 0.29) is 30.3 Å². The normalized spacial score (nSPS) is 11.7. The molecule has 1 unspecified atom stereocenters. The molecule has 2 aromatic rings. The fraction of sp³-hybridized carbons (Fsp3) is 0.333. The summed E-state index contributed by atoms with van der Waals surface area (Å²) >= 11 is 0.